The molecule has 1 aliphatic rings. The zero-order chi connectivity index (χ0) is 10.2. The molecule has 2 nitrogen and oxygen atoms in total. The van der Waals surface area contributed by atoms with Crippen molar-refractivity contribution in [3.63, 3.8) is 0 Å². The molecule has 0 bridgehead atoms. The van der Waals surface area contributed by atoms with Crippen LogP contribution in [-0.4, -0.2) is 19.6 Å². The Hall–Kier alpha value is -1.38. The van der Waals surface area contributed by atoms with Gasteiger partial charge in [-0.3, -0.25) is 0 Å². The summed E-state index contributed by atoms with van der Waals surface area (Å²) in [5.74, 6) is 0.676. The third kappa shape index (κ3) is 3.56. The number of alkyl halides is 1. The van der Waals surface area contributed by atoms with Gasteiger partial charge in [-0.15, -0.1) is 0 Å². The summed E-state index contributed by atoms with van der Waals surface area (Å²) in [5.41, 5.74) is 0.732. The molecule has 0 aliphatic heterocycles. The first-order valence-corrected chi connectivity index (χ1v) is 4.55. The highest BCUT2D eigenvalue weighted by Crippen LogP contribution is 2.12. The van der Waals surface area contributed by atoms with E-state index in [0.29, 0.717) is 25.2 Å². The van der Waals surface area contributed by atoms with E-state index in [2.05, 4.69) is 0 Å². The molecule has 0 spiro atoms. The summed E-state index contributed by atoms with van der Waals surface area (Å²) in [4.78, 5) is 10.0. The van der Waals surface area contributed by atoms with Gasteiger partial charge >= 0.3 is 0 Å². The number of carbonyl (C=O) groups is 1. The Morgan fingerprint density at radius 1 is 1.50 bits per heavy atom. The molecule has 0 heterocycles. The average molecular weight is 196 g/mol. The fourth-order valence-electron chi connectivity index (χ4n) is 1.07. The first-order valence-electron chi connectivity index (χ1n) is 4.55. The number of ether oxygens (including phenoxy) is 1. The first kappa shape index (κ1) is 10.7. The second kappa shape index (κ2) is 6.13. The van der Waals surface area contributed by atoms with Gasteiger partial charge in [0.15, 0.2) is 0 Å². The van der Waals surface area contributed by atoms with E-state index < -0.39 is 6.67 Å². The molecule has 14 heavy (non-hydrogen) atoms. The van der Waals surface area contributed by atoms with E-state index in [0.717, 1.165) is 11.9 Å². The van der Waals surface area contributed by atoms with Gasteiger partial charge in [-0.05, 0) is 24.1 Å². The number of carbonyl (C=O) groups excluding carboxylic acids is 1. The molecule has 0 fully saturated rings. The van der Waals surface area contributed by atoms with Crippen molar-refractivity contribution in [3.05, 3.63) is 35.6 Å². The van der Waals surface area contributed by atoms with Gasteiger partial charge in [0.1, 0.15) is 18.7 Å². The van der Waals surface area contributed by atoms with E-state index >= 15 is 0 Å². The van der Waals surface area contributed by atoms with Gasteiger partial charge < -0.3 is 9.53 Å². The van der Waals surface area contributed by atoms with Gasteiger partial charge in [0.25, 0.3) is 0 Å². The second-order valence-corrected chi connectivity index (χ2v) is 2.94. The van der Waals surface area contributed by atoms with Gasteiger partial charge in [-0.1, -0.05) is 12.2 Å². The summed E-state index contributed by atoms with van der Waals surface area (Å²) in [5, 5.41) is 0. The molecule has 0 radical (unpaired) electrons. The molecule has 0 N–H and O–H groups in total. The summed E-state index contributed by atoms with van der Waals surface area (Å²) >= 11 is 0. The van der Waals surface area contributed by atoms with Gasteiger partial charge in [-0.25, -0.2) is 4.39 Å². The highest BCUT2D eigenvalue weighted by atomic mass is 19.1. The van der Waals surface area contributed by atoms with Crippen LogP contribution >= 0.6 is 0 Å². The number of hydrogen-bond acceptors (Lipinski definition) is 2. The van der Waals surface area contributed by atoms with Crippen molar-refractivity contribution in [1.82, 2.24) is 0 Å². The van der Waals surface area contributed by atoms with Crippen molar-refractivity contribution in [2.24, 2.45) is 0 Å². The summed E-state index contributed by atoms with van der Waals surface area (Å²) in [6.07, 6.45) is 8.90. The van der Waals surface area contributed by atoms with Crippen molar-refractivity contribution in [1.29, 1.82) is 0 Å². The molecular weight excluding hydrogens is 183 g/mol. The number of aldehydes is 1. The minimum atomic E-state index is -0.428. The van der Waals surface area contributed by atoms with Crippen LogP contribution in [-0.2, 0) is 9.53 Å². The van der Waals surface area contributed by atoms with Crippen LogP contribution in [0.25, 0.3) is 0 Å². The Morgan fingerprint density at radius 3 is 3.07 bits per heavy atom. The van der Waals surface area contributed by atoms with Crippen LogP contribution < -0.4 is 0 Å². The van der Waals surface area contributed by atoms with Crippen molar-refractivity contribution in [3.8, 4) is 0 Å². The maximum atomic E-state index is 12.3. The van der Waals surface area contributed by atoms with Crippen LogP contribution in [0, 0.1) is 0 Å². The molecule has 0 saturated carbocycles. The number of allylic oxidation sites excluding steroid dienone is 5. The lowest BCUT2D eigenvalue weighted by atomic mass is 10.2. The quantitative estimate of drug-likeness (QED) is 0.498. The SMILES string of the molecule is O=CCCOC1=CC=C(CF)CC=C1. The van der Waals surface area contributed by atoms with E-state index in [1.165, 1.54) is 0 Å². The number of halogens is 1. The maximum Gasteiger partial charge on any atom is 0.123 e. The third-order valence-electron chi connectivity index (χ3n) is 1.82. The lowest BCUT2D eigenvalue weighted by molar-refractivity contribution is -0.108. The Balaban J connectivity index is 2.48. The predicted molar refractivity (Wildman–Crippen MR) is 52.5 cm³/mol. The summed E-state index contributed by atoms with van der Waals surface area (Å²) in [6, 6.07) is 0. The molecule has 0 aromatic carbocycles. The van der Waals surface area contributed by atoms with E-state index in [1.54, 1.807) is 18.2 Å². The molecule has 1 rings (SSSR count). The van der Waals surface area contributed by atoms with Crippen LogP contribution in [0.5, 0.6) is 0 Å². The zero-order valence-corrected chi connectivity index (χ0v) is 7.91. The fraction of sp³-hybridized carbons (Fsp3) is 0.364. The van der Waals surface area contributed by atoms with Gasteiger partial charge in [-0.2, -0.15) is 0 Å². The van der Waals surface area contributed by atoms with Crippen molar-refractivity contribution in [2.75, 3.05) is 13.3 Å². The molecule has 0 atom stereocenters. The first-order chi connectivity index (χ1) is 6.86. The largest absolute Gasteiger partial charge is 0.493 e. The Labute approximate surface area is 82.8 Å². The number of rotatable bonds is 5. The van der Waals surface area contributed by atoms with Crippen molar-refractivity contribution >= 4 is 6.29 Å². The minimum absolute atomic E-state index is 0.373. The van der Waals surface area contributed by atoms with E-state index in [-0.39, 0.29) is 0 Å². The Kier molecular flexibility index (Phi) is 4.69. The molecule has 0 amide bonds. The maximum absolute atomic E-state index is 12.3. The van der Waals surface area contributed by atoms with Crippen molar-refractivity contribution in [2.45, 2.75) is 12.8 Å². The Bertz CT molecular complexity index is 277. The molecule has 0 aromatic heterocycles. The fourth-order valence-corrected chi connectivity index (χ4v) is 1.07. The lowest BCUT2D eigenvalue weighted by Gasteiger charge is -2.02. The van der Waals surface area contributed by atoms with Crippen molar-refractivity contribution < 1.29 is 13.9 Å². The zero-order valence-electron chi connectivity index (χ0n) is 7.91. The van der Waals surface area contributed by atoms with E-state index in [9.17, 15) is 9.18 Å². The van der Waals surface area contributed by atoms with E-state index in [4.69, 9.17) is 4.74 Å². The highest BCUT2D eigenvalue weighted by molar-refractivity contribution is 5.49. The molecule has 1 aliphatic carbocycles. The predicted octanol–water partition coefficient (Wildman–Crippen LogP) is 2.33. The van der Waals surface area contributed by atoms with Gasteiger partial charge in [0.05, 0.1) is 6.61 Å². The monoisotopic (exact) mass is 196 g/mol. The summed E-state index contributed by atoms with van der Waals surface area (Å²) in [6.45, 7) is -0.0546. The normalized spacial score (nSPS) is 15.5. The van der Waals surface area contributed by atoms with Crippen LogP contribution in [0.3, 0.4) is 0 Å². The van der Waals surface area contributed by atoms with Crippen LogP contribution in [0.2, 0.25) is 0 Å². The smallest absolute Gasteiger partial charge is 0.123 e. The van der Waals surface area contributed by atoms with Crippen LogP contribution in [0.4, 0.5) is 4.39 Å². The third-order valence-corrected chi connectivity index (χ3v) is 1.82. The molecule has 0 unspecified atom stereocenters. The lowest BCUT2D eigenvalue weighted by Crippen LogP contribution is -1.93. The van der Waals surface area contributed by atoms with Gasteiger partial charge in [0.2, 0.25) is 0 Å². The minimum Gasteiger partial charge on any atom is -0.493 e. The Morgan fingerprint density at radius 2 is 2.36 bits per heavy atom. The van der Waals surface area contributed by atoms with Crippen LogP contribution in [0.15, 0.2) is 35.6 Å². The molecular formula is C11H13FO2. The molecule has 76 valence electrons. The van der Waals surface area contributed by atoms with Crippen LogP contribution in [0.1, 0.15) is 12.8 Å². The van der Waals surface area contributed by atoms with Gasteiger partial charge in [0, 0.05) is 6.42 Å². The summed E-state index contributed by atoms with van der Waals surface area (Å²) in [7, 11) is 0. The molecule has 3 heteroatoms. The topological polar surface area (TPSA) is 26.3 Å². The molecule has 0 saturated heterocycles. The van der Waals surface area contributed by atoms with E-state index in [1.807, 2.05) is 6.08 Å². The number of hydrogen-bond donors (Lipinski definition) is 0. The molecule has 0 aromatic rings. The highest BCUT2D eigenvalue weighted by Gasteiger charge is 1.99. The standard InChI is InChI=1S/C11H13FO2/c12-9-10-3-1-4-11(6-5-10)14-8-2-7-13/h1,4-7H,2-3,8-9H2. The summed E-state index contributed by atoms with van der Waals surface area (Å²) < 4.78 is 17.5. The second-order valence-electron chi connectivity index (χ2n) is 2.94. The average Bonchev–Trinajstić information content (AvgIpc) is 2.43.